The fourth-order valence-electron chi connectivity index (χ4n) is 3.62. The van der Waals surface area contributed by atoms with Gasteiger partial charge in [0, 0.05) is 18.3 Å². The zero-order valence-electron chi connectivity index (χ0n) is 15.2. The number of benzene rings is 1. The monoisotopic (exact) mass is 381 g/mol. The third-order valence-electron chi connectivity index (χ3n) is 5.00. The second-order valence-electron chi connectivity index (χ2n) is 6.92. The van der Waals surface area contributed by atoms with E-state index in [1.165, 1.54) is 17.8 Å². The molecule has 1 aliphatic heterocycles. The molecule has 1 aromatic rings. The van der Waals surface area contributed by atoms with Gasteiger partial charge in [-0.2, -0.15) is 0 Å². The molecule has 7 nitrogen and oxygen atoms in total. The van der Waals surface area contributed by atoms with Crippen molar-refractivity contribution in [3.05, 3.63) is 18.2 Å². The summed E-state index contributed by atoms with van der Waals surface area (Å²) < 4.78 is 31.6. The minimum Gasteiger partial charge on any atom is -0.495 e. The zero-order chi connectivity index (χ0) is 18.6. The number of sulfonamides is 1. The van der Waals surface area contributed by atoms with Crippen LogP contribution >= 0.6 is 0 Å². The molecule has 144 valence electrons. The fraction of sp³-hybridized carbons (Fsp3) is 0.611. The second kappa shape index (κ2) is 8.16. The molecule has 3 rings (SSSR count). The minimum atomic E-state index is -3.35. The van der Waals surface area contributed by atoms with Gasteiger partial charge in [-0.15, -0.1) is 0 Å². The summed E-state index contributed by atoms with van der Waals surface area (Å²) in [5, 5.41) is 5.82. The highest BCUT2D eigenvalue weighted by Gasteiger charge is 2.28. The van der Waals surface area contributed by atoms with E-state index >= 15 is 0 Å². The Morgan fingerprint density at radius 2 is 1.92 bits per heavy atom. The maximum absolute atomic E-state index is 12.4. The van der Waals surface area contributed by atoms with E-state index in [2.05, 4.69) is 10.6 Å². The Morgan fingerprint density at radius 1 is 1.15 bits per heavy atom. The molecule has 2 N–H and O–H groups in total. The van der Waals surface area contributed by atoms with E-state index in [4.69, 9.17) is 4.74 Å². The molecule has 0 aromatic heterocycles. The van der Waals surface area contributed by atoms with Crippen molar-refractivity contribution in [2.24, 2.45) is 0 Å². The summed E-state index contributed by atoms with van der Waals surface area (Å²) in [5.74, 6) is 0.615. The number of anilines is 2. The van der Waals surface area contributed by atoms with Crippen molar-refractivity contribution in [1.82, 2.24) is 5.32 Å². The lowest BCUT2D eigenvalue weighted by atomic mass is 9.96. The van der Waals surface area contributed by atoms with Gasteiger partial charge in [-0.05, 0) is 43.9 Å². The molecule has 1 aliphatic carbocycles. The van der Waals surface area contributed by atoms with Crippen LogP contribution in [-0.4, -0.2) is 39.9 Å². The summed E-state index contributed by atoms with van der Waals surface area (Å²) in [6.45, 7) is 0.427. The van der Waals surface area contributed by atoms with Gasteiger partial charge in [0.15, 0.2) is 0 Å². The van der Waals surface area contributed by atoms with Gasteiger partial charge in [0.25, 0.3) is 0 Å². The van der Waals surface area contributed by atoms with E-state index in [1.54, 1.807) is 18.2 Å². The van der Waals surface area contributed by atoms with Crippen molar-refractivity contribution < 1.29 is 17.9 Å². The van der Waals surface area contributed by atoms with Crippen molar-refractivity contribution in [3.63, 3.8) is 0 Å². The predicted octanol–water partition coefficient (Wildman–Crippen LogP) is 3.08. The van der Waals surface area contributed by atoms with Crippen LogP contribution in [-0.2, 0) is 10.0 Å². The molecule has 0 bridgehead atoms. The molecule has 0 atom stereocenters. The van der Waals surface area contributed by atoms with Crippen LogP contribution in [0.1, 0.15) is 44.9 Å². The Bertz CT molecular complexity index is 745. The van der Waals surface area contributed by atoms with E-state index in [1.807, 2.05) is 0 Å². The van der Waals surface area contributed by atoms with Gasteiger partial charge in [-0.3, -0.25) is 4.31 Å². The third kappa shape index (κ3) is 4.41. The molecule has 0 unspecified atom stereocenters. The lowest BCUT2D eigenvalue weighted by molar-refractivity contribution is 0.244. The quantitative estimate of drug-likeness (QED) is 0.839. The molecule has 0 radical (unpaired) electrons. The van der Waals surface area contributed by atoms with E-state index in [0.717, 1.165) is 32.1 Å². The van der Waals surface area contributed by atoms with Crippen LogP contribution in [0.25, 0.3) is 0 Å². The highest BCUT2D eigenvalue weighted by atomic mass is 32.2. The first-order valence-corrected chi connectivity index (χ1v) is 10.9. The number of methoxy groups -OCH3 is 1. The van der Waals surface area contributed by atoms with Gasteiger partial charge in [-0.1, -0.05) is 19.3 Å². The van der Waals surface area contributed by atoms with Crippen LogP contribution in [0, 0.1) is 0 Å². The summed E-state index contributed by atoms with van der Waals surface area (Å²) in [6.07, 6.45) is 7.01. The number of carbonyl (C=O) groups is 1. The van der Waals surface area contributed by atoms with Crippen LogP contribution < -0.4 is 19.7 Å². The summed E-state index contributed by atoms with van der Waals surface area (Å²) >= 11 is 0. The molecule has 1 heterocycles. The number of nitrogens with zero attached hydrogens (tertiary/aromatic N) is 1. The molecular formula is C18H27N3O4S. The number of rotatable bonds is 4. The second-order valence-corrected chi connectivity index (χ2v) is 8.93. The first kappa shape index (κ1) is 18.8. The van der Waals surface area contributed by atoms with E-state index in [9.17, 15) is 13.2 Å². The fourth-order valence-corrected chi connectivity index (χ4v) is 5.26. The number of carbonyl (C=O) groups excluding carboxylic acids is 1. The van der Waals surface area contributed by atoms with Gasteiger partial charge in [-0.25, -0.2) is 13.2 Å². The Morgan fingerprint density at radius 3 is 2.62 bits per heavy atom. The van der Waals surface area contributed by atoms with Gasteiger partial charge >= 0.3 is 6.03 Å². The van der Waals surface area contributed by atoms with Gasteiger partial charge < -0.3 is 15.4 Å². The summed E-state index contributed by atoms with van der Waals surface area (Å²) in [4.78, 5) is 12.3. The molecule has 2 amide bonds. The van der Waals surface area contributed by atoms with Crippen molar-refractivity contribution >= 4 is 27.4 Å². The Kier molecular flexibility index (Phi) is 5.90. The Labute approximate surface area is 155 Å². The lowest BCUT2D eigenvalue weighted by Gasteiger charge is -2.29. The first-order valence-electron chi connectivity index (χ1n) is 9.25. The molecule has 26 heavy (non-hydrogen) atoms. The van der Waals surface area contributed by atoms with Crippen molar-refractivity contribution in [3.8, 4) is 5.75 Å². The molecule has 1 saturated heterocycles. The number of ether oxygens (including phenoxy) is 1. The van der Waals surface area contributed by atoms with Gasteiger partial charge in [0.2, 0.25) is 10.0 Å². The molecule has 2 fully saturated rings. The van der Waals surface area contributed by atoms with Crippen LogP contribution in [0.5, 0.6) is 5.75 Å². The highest BCUT2D eigenvalue weighted by Crippen LogP contribution is 2.35. The SMILES string of the molecule is COc1ccc(NC(=O)NC2CCCCC2)cc1N1CCCCS1(=O)=O. The molecule has 2 aliphatic rings. The van der Waals surface area contributed by atoms with Gasteiger partial charge in [0.1, 0.15) is 5.75 Å². The third-order valence-corrected chi connectivity index (χ3v) is 6.85. The molecule has 0 spiro atoms. The highest BCUT2D eigenvalue weighted by molar-refractivity contribution is 7.92. The number of hydrogen-bond acceptors (Lipinski definition) is 4. The summed E-state index contributed by atoms with van der Waals surface area (Å²) in [5.41, 5.74) is 1.03. The topological polar surface area (TPSA) is 87.7 Å². The first-order chi connectivity index (χ1) is 12.5. The molecule has 1 aromatic carbocycles. The van der Waals surface area contributed by atoms with Gasteiger partial charge in [0.05, 0.1) is 18.6 Å². The maximum Gasteiger partial charge on any atom is 0.319 e. The van der Waals surface area contributed by atoms with Crippen molar-refractivity contribution in [2.45, 2.75) is 51.0 Å². The predicted molar refractivity (Wildman–Crippen MR) is 102 cm³/mol. The Hall–Kier alpha value is -1.96. The molecular weight excluding hydrogens is 354 g/mol. The number of urea groups is 1. The number of nitrogens with one attached hydrogen (secondary N) is 2. The van der Waals surface area contributed by atoms with E-state index in [-0.39, 0.29) is 17.8 Å². The number of amides is 2. The smallest absolute Gasteiger partial charge is 0.319 e. The van der Waals surface area contributed by atoms with Crippen molar-refractivity contribution in [1.29, 1.82) is 0 Å². The summed E-state index contributed by atoms with van der Waals surface area (Å²) in [7, 11) is -1.84. The Balaban J connectivity index is 1.75. The average molecular weight is 381 g/mol. The maximum atomic E-state index is 12.4. The normalized spacial score (nSPS) is 20.4. The van der Waals surface area contributed by atoms with E-state index < -0.39 is 10.0 Å². The van der Waals surface area contributed by atoms with E-state index in [0.29, 0.717) is 30.1 Å². The average Bonchev–Trinajstić information content (AvgIpc) is 2.62. The lowest BCUT2D eigenvalue weighted by Crippen LogP contribution is -2.39. The summed E-state index contributed by atoms with van der Waals surface area (Å²) in [6, 6.07) is 5.04. The van der Waals surface area contributed by atoms with Crippen LogP contribution in [0.2, 0.25) is 0 Å². The zero-order valence-corrected chi connectivity index (χ0v) is 16.0. The van der Waals surface area contributed by atoms with Crippen LogP contribution in [0.3, 0.4) is 0 Å². The molecule has 1 saturated carbocycles. The minimum absolute atomic E-state index is 0.135. The molecule has 8 heteroatoms. The standard InChI is InChI=1S/C18H27N3O4S/c1-25-17-10-9-15(20-18(22)19-14-7-3-2-4-8-14)13-16(17)21-11-5-6-12-26(21,23)24/h9-10,13-14H,2-8,11-12H2,1H3,(H2,19,20,22). The number of hydrogen-bond donors (Lipinski definition) is 2. The van der Waals surface area contributed by atoms with Crippen molar-refractivity contribution in [2.75, 3.05) is 29.0 Å². The largest absolute Gasteiger partial charge is 0.495 e. The van der Waals surface area contributed by atoms with Crippen LogP contribution in [0.15, 0.2) is 18.2 Å². The van der Waals surface area contributed by atoms with Crippen LogP contribution in [0.4, 0.5) is 16.2 Å².